The standard InChI is InChI=1S/C24H30ClF5N4O5S/c1-4-34-20(16-11-31-14(9-13(2)24(28,29)30)10-17(16)39-22(26)27)18(25)19(33-34)21(35)32-12-23(36)7-5-15(6-8-23)40(3,37)38/h10-11,13,15,22,36H,4-9,12H2,1-3H3,(H,32,35)/t13-,15?,23?/m0/s1. The number of rotatable bonds is 10. The summed E-state index contributed by atoms with van der Waals surface area (Å²) in [5.41, 5.74) is -1.89. The van der Waals surface area contributed by atoms with Crippen molar-refractivity contribution in [1.82, 2.24) is 20.1 Å². The first-order valence-electron chi connectivity index (χ1n) is 12.4. The maximum atomic E-state index is 13.2. The lowest BCUT2D eigenvalue weighted by atomic mass is 9.84. The highest BCUT2D eigenvalue weighted by atomic mass is 35.5. The number of nitrogens with one attached hydrogen (secondary N) is 1. The van der Waals surface area contributed by atoms with Crippen molar-refractivity contribution >= 4 is 27.3 Å². The van der Waals surface area contributed by atoms with E-state index >= 15 is 0 Å². The molecule has 2 aromatic rings. The average molecular weight is 617 g/mol. The Hall–Kier alpha value is -2.52. The summed E-state index contributed by atoms with van der Waals surface area (Å²) in [6.45, 7) is -0.823. The minimum Gasteiger partial charge on any atom is -0.434 e. The van der Waals surface area contributed by atoms with Crippen LogP contribution >= 0.6 is 11.6 Å². The molecule has 16 heteroatoms. The van der Waals surface area contributed by atoms with Crippen LogP contribution in [0.5, 0.6) is 5.75 Å². The number of halogens is 6. The lowest BCUT2D eigenvalue weighted by molar-refractivity contribution is -0.169. The molecule has 1 atom stereocenters. The number of sulfone groups is 1. The third-order valence-corrected chi connectivity index (χ3v) is 8.96. The first-order valence-corrected chi connectivity index (χ1v) is 14.7. The quantitative estimate of drug-likeness (QED) is 0.379. The molecule has 1 aliphatic carbocycles. The van der Waals surface area contributed by atoms with Crippen LogP contribution in [0.3, 0.4) is 0 Å². The summed E-state index contributed by atoms with van der Waals surface area (Å²) in [6.07, 6.45) is -2.16. The summed E-state index contributed by atoms with van der Waals surface area (Å²) >= 11 is 6.46. The molecule has 0 unspecified atom stereocenters. The van der Waals surface area contributed by atoms with Crippen LogP contribution in [0.2, 0.25) is 5.02 Å². The van der Waals surface area contributed by atoms with Crippen molar-refractivity contribution in [1.29, 1.82) is 0 Å². The highest BCUT2D eigenvalue weighted by Gasteiger charge is 2.38. The Morgan fingerprint density at radius 1 is 1.32 bits per heavy atom. The van der Waals surface area contributed by atoms with E-state index in [9.17, 15) is 40.3 Å². The molecular formula is C24H30ClF5N4O5S. The molecule has 0 saturated heterocycles. The molecule has 0 aromatic carbocycles. The van der Waals surface area contributed by atoms with Crippen LogP contribution in [0, 0.1) is 5.92 Å². The largest absolute Gasteiger partial charge is 0.434 e. The first kappa shape index (κ1) is 32.0. The van der Waals surface area contributed by atoms with Crippen LogP contribution in [0.4, 0.5) is 22.0 Å². The van der Waals surface area contributed by atoms with E-state index in [1.54, 1.807) is 6.92 Å². The zero-order chi connectivity index (χ0) is 30.0. The number of aromatic nitrogens is 3. The smallest absolute Gasteiger partial charge is 0.391 e. The summed E-state index contributed by atoms with van der Waals surface area (Å²) in [6, 6.07) is 0.967. The van der Waals surface area contributed by atoms with Crippen LogP contribution in [0.25, 0.3) is 11.3 Å². The first-order chi connectivity index (χ1) is 18.4. The second-order valence-corrected chi connectivity index (χ2v) is 12.7. The number of pyridine rings is 1. The van der Waals surface area contributed by atoms with Crippen LogP contribution < -0.4 is 10.1 Å². The molecule has 9 nitrogen and oxygen atoms in total. The number of hydrogen-bond acceptors (Lipinski definition) is 7. The van der Waals surface area contributed by atoms with E-state index in [4.69, 9.17) is 11.6 Å². The summed E-state index contributed by atoms with van der Waals surface area (Å²) in [7, 11) is -3.25. The van der Waals surface area contributed by atoms with Gasteiger partial charge in [-0.15, -0.1) is 0 Å². The molecule has 2 aromatic heterocycles. The lowest BCUT2D eigenvalue weighted by Crippen LogP contribution is -2.47. The lowest BCUT2D eigenvalue weighted by Gasteiger charge is -2.35. The number of hydrogen-bond donors (Lipinski definition) is 2. The Morgan fingerprint density at radius 3 is 2.48 bits per heavy atom. The van der Waals surface area contributed by atoms with Crippen LogP contribution in [0.1, 0.15) is 55.7 Å². The summed E-state index contributed by atoms with van der Waals surface area (Å²) in [5.74, 6) is -3.06. The topological polar surface area (TPSA) is 123 Å². The minimum atomic E-state index is -4.52. The number of carbonyl (C=O) groups is 1. The van der Waals surface area contributed by atoms with Gasteiger partial charge < -0.3 is 15.2 Å². The predicted molar refractivity (Wildman–Crippen MR) is 136 cm³/mol. The maximum Gasteiger partial charge on any atom is 0.391 e. The molecule has 0 aliphatic heterocycles. The third kappa shape index (κ3) is 7.60. The molecule has 1 fully saturated rings. The van der Waals surface area contributed by atoms with E-state index in [2.05, 4.69) is 20.1 Å². The van der Waals surface area contributed by atoms with Gasteiger partial charge in [0.25, 0.3) is 5.91 Å². The van der Waals surface area contributed by atoms with Gasteiger partial charge in [-0.1, -0.05) is 18.5 Å². The Bertz CT molecular complexity index is 1330. The SMILES string of the molecule is CCn1nc(C(=O)NCC2(O)CCC(S(C)(=O)=O)CC2)c(Cl)c1-c1cnc(C[C@H](C)C(F)(F)F)cc1OC(F)F. The molecule has 1 saturated carbocycles. The minimum absolute atomic E-state index is 0.0136. The van der Waals surface area contributed by atoms with Gasteiger partial charge in [0.2, 0.25) is 0 Å². The molecule has 0 radical (unpaired) electrons. The Kier molecular flexibility index (Phi) is 9.72. The predicted octanol–water partition coefficient (Wildman–Crippen LogP) is 4.41. The van der Waals surface area contributed by atoms with Crippen LogP contribution in [-0.2, 0) is 22.8 Å². The Balaban J connectivity index is 1.86. The molecule has 1 aliphatic rings. The highest BCUT2D eigenvalue weighted by molar-refractivity contribution is 7.91. The summed E-state index contributed by atoms with van der Waals surface area (Å²) in [4.78, 5) is 16.9. The summed E-state index contributed by atoms with van der Waals surface area (Å²) < 4.78 is 94.8. The Labute approximate surface area is 233 Å². The van der Waals surface area contributed by atoms with E-state index in [0.717, 1.165) is 25.4 Å². The van der Waals surface area contributed by atoms with Gasteiger partial charge >= 0.3 is 12.8 Å². The van der Waals surface area contributed by atoms with Gasteiger partial charge in [0.15, 0.2) is 5.69 Å². The van der Waals surface area contributed by atoms with E-state index in [1.807, 2.05) is 0 Å². The molecule has 3 rings (SSSR count). The number of ether oxygens (including phenoxy) is 1. The Morgan fingerprint density at radius 2 is 1.95 bits per heavy atom. The van der Waals surface area contributed by atoms with Crippen LogP contribution in [-0.4, -0.2) is 70.6 Å². The monoisotopic (exact) mass is 616 g/mol. The van der Waals surface area contributed by atoms with Crippen molar-refractivity contribution in [2.24, 2.45) is 5.92 Å². The zero-order valence-electron chi connectivity index (χ0n) is 21.9. The number of carbonyl (C=O) groups excluding carboxylic acids is 1. The van der Waals surface area contributed by atoms with Crippen molar-refractivity contribution in [3.8, 4) is 17.0 Å². The molecule has 1 amide bonds. The fraction of sp³-hybridized carbons (Fsp3) is 0.625. The second kappa shape index (κ2) is 12.1. The van der Waals surface area contributed by atoms with Gasteiger partial charge in [0.1, 0.15) is 15.6 Å². The van der Waals surface area contributed by atoms with Crippen molar-refractivity contribution in [2.75, 3.05) is 12.8 Å². The van der Waals surface area contributed by atoms with Crippen molar-refractivity contribution in [3.63, 3.8) is 0 Å². The normalized spacial score (nSPS) is 20.9. The molecular weight excluding hydrogens is 587 g/mol. The number of nitrogens with zero attached hydrogens (tertiary/aromatic N) is 3. The third-order valence-electron chi connectivity index (χ3n) is 6.92. The molecule has 40 heavy (non-hydrogen) atoms. The van der Waals surface area contributed by atoms with E-state index < -0.39 is 57.5 Å². The number of aryl methyl sites for hydroxylation is 1. The van der Waals surface area contributed by atoms with Gasteiger partial charge in [-0.25, -0.2) is 8.42 Å². The van der Waals surface area contributed by atoms with Gasteiger partial charge in [-0.3, -0.25) is 14.5 Å². The van der Waals surface area contributed by atoms with Crippen molar-refractivity contribution in [3.05, 3.63) is 28.7 Å². The zero-order valence-corrected chi connectivity index (χ0v) is 23.5. The van der Waals surface area contributed by atoms with Gasteiger partial charge in [0.05, 0.1) is 33.0 Å². The van der Waals surface area contributed by atoms with E-state index in [1.165, 1.54) is 4.68 Å². The fourth-order valence-corrected chi connectivity index (χ4v) is 5.94. The maximum absolute atomic E-state index is 13.2. The second-order valence-electron chi connectivity index (χ2n) is 9.96. The van der Waals surface area contributed by atoms with Gasteiger partial charge in [-0.05, 0) is 32.6 Å². The van der Waals surface area contributed by atoms with Crippen LogP contribution in [0.15, 0.2) is 12.3 Å². The van der Waals surface area contributed by atoms with E-state index in [-0.39, 0.29) is 66.4 Å². The molecule has 2 heterocycles. The number of amides is 1. The highest BCUT2D eigenvalue weighted by Crippen LogP contribution is 2.39. The summed E-state index contributed by atoms with van der Waals surface area (Å²) in [5, 5.41) is 16.7. The molecule has 0 spiro atoms. The van der Waals surface area contributed by atoms with Gasteiger partial charge in [0, 0.05) is 43.7 Å². The molecule has 2 N–H and O–H groups in total. The molecule has 0 bridgehead atoms. The number of alkyl halides is 5. The number of aliphatic hydroxyl groups is 1. The fourth-order valence-electron chi connectivity index (χ4n) is 4.52. The van der Waals surface area contributed by atoms with E-state index in [0.29, 0.717) is 0 Å². The van der Waals surface area contributed by atoms with Crippen molar-refractivity contribution < 1.29 is 45.0 Å². The average Bonchev–Trinajstić information content (AvgIpc) is 3.17. The molecule has 224 valence electrons. The van der Waals surface area contributed by atoms with Gasteiger partial charge in [-0.2, -0.15) is 27.1 Å². The van der Waals surface area contributed by atoms with Crippen molar-refractivity contribution in [2.45, 2.75) is 76.1 Å².